The summed E-state index contributed by atoms with van der Waals surface area (Å²) in [5.74, 6) is 0.272. The van der Waals surface area contributed by atoms with Crippen LogP contribution in [0.25, 0.3) is 0 Å². The average Bonchev–Trinajstić information content (AvgIpc) is 3.03. The molecule has 7 heteroatoms. The molecule has 2 rings (SSSR count). The van der Waals surface area contributed by atoms with Crippen molar-refractivity contribution in [3.05, 3.63) is 23.8 Å². The van der Waals surface area contributed by atoms with Crippen LogP contribution in [-0.4, -0.2) is 44.9 Å². The number of hydrogen-bond donors (Lipinski definition) is 1. The lowest BCUT2D eigenvalue weighted by atomic mass is 10.2. The highest BCUT2D eigenvalue weighted by atomic mass is 32.2. The van der Waals surface area contributed by atoms with Crippen LogP contribution in [0.4, 0.5) is 0 Å². The van der Waals surface area contributed by atoms with E-state index in [0.29, 0.717) is 37.2 Å². The van der Waals surface area contributed by atoms with Crippen LogP contribution in [0.1, 0.15) is 31.7 Å². The van der Waals surface area contributed by atoms with Crippen molar-refractivity contribution in [2.75, 3.05) is 20.2 Å². The van der Waals surface area contributed by atoms with E-state index in [4.69, 9.17) is 4.74 Å². The number of methoxy groups -OCH3 is 1. The molecule has 0 spiro atoms. The van der Waals surface area contributed by atoms with E-state index in [1.54, 1.807) is 19.1 Å². The summed E-state index contributed by atoms with van der Waals surface area (Å²) in [4.78, 5) is 12.5. The van der Waals surface area contributed by atoms with E-state index in [-0.39, 0.29) is 10.8 Å². The molecule has 1 aliphatic rings. The van der Waals surface area contributed by atoms with Crippen molar-refractivity contribution in [2.24, 2.45) is 0 Å². The van der Waals surface area contributed by atoms with Gasteiger partial charge in [-0.1, -0.05) is 13.0 Å². The number of nitrogens with one attached hydrogen (secondary N) is 1. The van der Waals surface area contributed by atoms with E-state index in [2.05, 4.69) is 5.32 Å². The third-order valence-corrected chi connectivity index (χ3v) is 6.09. The largest absolute Gasteiger partial charge is 0.497 e. The van der Waals surface area contributed by atoms with Crippen molar-refractivity contribution < 1.29 is 17.9 Å². The molecule has 0 radical (unpaired) electrons. The first-order valence-corrected chi connectivity index (χ1v) is 9.30. The fraction of sp³-hybridized carbons (Fsp3) is 0.562. The SMILES string of the molecule is CCCNC(=O)[C@H]1CCCN1S(=O)(=O)c1cc(OC)ccc1C. The lowest BCUT2D eigenvalue weighted by molar-refractivity contribution is -0.124. The van der Waals surface area contributed by atoms with Crippen molar-refractivity contribution in [2.45, 2.75) is 44.0 Å². The van der Waals surface area contributed by atoms with E-state index in [9.17, 15) is 13.2 Å². The summed E-state index contributed by atoms with van der Waals surface area (Å²) >= 11 is 0. The predicted octanol–water partition coefficient (Wildman–Crippen LogP) is 1.68. The van der Waals surface area contributed by atoms with Crippen LogP contribution in [0.3, 0.4) is 0 Å². The van der Waals surface area contributed by atoms with Gasteiger partial charge in [-0.2, -0.15) is 4.31 Å². The third kappa shape index (κ3) is 3.67. The summed E-state index contributed by atoms with van der Waals surface area (Å²) in [6, 6.07) is 4.33. The first-order chi connectivity index (χ1) is 10.9. The lowest BCUT2D eigenvalue weighted by Crippen LogP contribution is -2.46. The van der Waals surface area contributed by atoms with Crippen molar-refractivity contribution in [1.82, 2.24) is 9.62 Å². The van der Waals surface area contributed by atoms with Gasteiger partial charge in [0.25, 0.3) is 0 Å². The zero-order valence-electron chi connectivity index (χ0n) is 13.8. The van der Waals surface area contributed by atoms with Gasteiger partial charge >= 0.3 is 0 Å². The summed E-state index contributed by atoms with van der Waals surface area (Å²) in [7, 11) is -2.23. The van der Waals surface area contributed by atoms with Gasteiger partial charge < -0.3 is 10.1 Å². The maximum atomic E-state index is 13.0. The molecule has 1 aromatic rings. The Bertz CT molecular complexity index is 673. The van der Waals surface area contributed by atoms with Crippen molar-refractivity contribution in [3.8, 4) is 5.75 Å². The van der Waals surface area contributed by atoms with Crippen LogP contribution < -0.4 is 10.1 Å². The normalized spacial score (nSPS) is 18.8. The number of nitrogens with zero attached hydrogens (tertiary/aromatic N) is 1. The summed E-state index contributed by atoms with van der Waals surface area (Å²) < 4.78 is 32.5. The van der Waals surface area contributed by atoms with Gasteiger partial charge in [0.05, 0.1) is 12.0 Å². The van der Waals surface area contributed by atoms with E-state index in [1.165, 1.54) is 17.5 Å². The zero-order chi connectivity index (χ0) is 17.0. The highest BCUT2D eigenvalue weighted by Crippen LogP contribution is 2.30. The minimum absolute atomic E-state index is 0.201. The van der Waals surface area contributed by atoms with Crippen molar-refractivity contribution >= 4 is 15.9 Å². The fourth-order valence-corrected chi connectivity index (χ4v) is 4.67. The zero-order valence-corrected chi connectivity index (χ0v) is 14.6. The highest BCUT2D eigenvalue weighted by molar-refractivity contribution is 7.89. The summed E-state index contributed by atoms with van der Waals surface area (Å²) in [5, 5.41) is 2.80. The van der Waals surface area contributed by atoms with Gasteiger partial charge in [-0.05, 0) is 37.8 Å². The maximum Gasteiger partial charge on any atom is 0.244 e. The van der Waals surface area contributed by atoms with E-state index in [0.717, 1.165) is 6.42 Å². The second-order valence-electron chi connectivity index (χ2n) is 5.70. The van der Waals surface area contributed by atoms with Crippen LogP contribution in [0.5, 0.6) is 5.75 Å². The molecule has 1 aromatic carbocycles. The molecule has 0 saturated carbocycles. The average molecular weight is 340 g/mol. The third-order valence-electron chi connectivity index (χ3n) is 4.04. The Balaban J connectivity index is 2.33. The van der Waals surface area contributed by atoms with E-state index >= 15 is 0 Å². The van der Waals surface area contributed by atoms with Gasteiger partial charge in [-0.15, -0.1) is 0 Å². The van der Waals surface area contributed by atoms with E-state index < -0.39 is 16.1 Å². The molecule has 1 atom stereocenters. The summed E-state index contributed by atoms with van der Waals surface area (Å²) in [6.07, 6.45) is 2.06. The molecule has 0 aliphatic carbocycles. The van der Waals surface area contributed by atoms with Gasteiger partial charge in [0.15, 0.2) is 0 Å². The molecule has 6 nitrogen and oxygen atoms in total. The number of sulfonamides is 1. The molecule has 1 saturated heterocycles. The fourth-order valence-electron chi connectivity index (χ4n) is 2.77. The Kier molecular flexibility index (Phi) is 5.64. The first kappa shape index (κ1) is 17.7. The Morgan fingerprint density at radius 2 is 2.17 bits per heavy atom. The number of ether oxygens (including phenoxy) is 1. The monoisotopic (exact) mass is 340 g/mol. The van der Waals surface area contributed by atoms with Crippen LogP contribution in [0.2, 0.25) is 0 Å². The topological polar surface area (TPSA) is 75.7 Å². The van der Waals surface area contributed by atoms with Crippen molar-refractivity contribution in [1.29, 1.82) is 0 Å². The Labute approximate surface area is 137 Å². The number of benzene rings is 1. The smallest absolute Gasteiger partial charge is 0.244 e. The summed E-state index contributed by atoms with van der Waals surface area (Å²) in [5.41, 5.74) is 0.644. The molecular formula is C16H24N2O4S. The van der Waals surface area contributed by atoms with Gasteiger partial charge in [0, 0.05) is 19.2 Å². The maximum absolute atomic E-state index is 13.0. The minimum atomic E-state index is -3.73. The lowest BCUT2D eigenvalue weighted by Gasteiger charge is -2.24. The van der Waals surface area contributed by atoms with Gasteiger partial charge in [-0.25, -0.2) is 8.42 Å². The number of carbonyl (C=O) groups is 1. The standard InChI is InChI=1S/C16H24N2O4S/c1-4-9-17-16(19)14-6-5-10-18(14)23(20,21)15-11-13(22-3)8-7-12(15)2/h7-8,11,14H,4-6,9-10H2,1-3H3,(H,17,19)/t14-/m1/s1. The Morgan fingerprint density at radius 3 is 2.83 bits per heavy atom. The molecule has 1 aliphatic heterocycles. The minimum Gasteiger partial charge on any atom is -0.497 e. The number of hydrogen-bond acceptors (Lipinski definition) is 4. The predicted molar refractivity (Wildman–Crippen MR) is 87.9 cm³/mol. The van der Waals surface area contributed by atoms with Crippen molar-refractivity contribution in [3.63, 3.8) is 0 Å². The molecule has 23 heavy (non-hydrogen) atoms. The molecule has 1 heterocycles. The molecule has 1 N–H and O–H groups in total. The molecule has 0 aromatic heterocycles. The van der Waals surface area contributed by atoms with E-state index in [1.807, 2.05) is 6.92 Å². The van der Waals surface area contributed by atoms with Crippen LogP contribution >= 0.6 is 0 Å². The van der Waals surface area contributed by atoms with Gasteiger partial charge in [0.1, 0.15) is 11.8 Å². The summed E-state index contributed by atoms with van der Waals surface area (Å²) in [6.45, 7) is 4.63. The molecule has 128 valence electrons. The second kappa shape index (κ2) is 7.31. The Morgan fingerprint density at radius 1 is 1.43 bits per heavy atom. The van der Waals surface area contributed by atoms with Crippen LogP contribution in [0, 0.1) is 6.92 Å². The molecule has 1 fully saturated rings. The second-order valence-corrected chi connectivity index (χ2v) is 7.56. The van der Waals surface area contributed by atoms with Gasteiger partial charge in [-0.3, -0.25) is 4.79 Å². The highest BCUT2D eigenvalue weighted by Gasteiger charge is 2.39. The molecule has 0 unspecified atom stereocenters. The number of aryl methyl sites for hydroxylation is 1. The van der Waals surface area contributed by atoms with Gasteiger partial charge in [0.2, 0.25) is 15.9 Å². The van der Waals surface area contributed by atoms with Crippen LogP contribution in [-0.2, 0) is 14.8 Å². The molecular weight excluding hydrogens is 316 g/mol. The molecule has 0 bridgehead atoms. The number of amides is 1. The Hall–Kier alpha value is -1.60. The quantitative estimate of drug-likeness (QED) is 0.855. The number of rotatable bonds is 6. The molecule has 1 amide bonds. The van der Waals surface area contributed by atoms with Crippen LogP contribution in [0.15, 0.2) is 23.1 Å². The number of carbonyl (C=O) groups excluding carboxylic acids is 1. The first-order valence-electron chi connectivity index (χ1n) is 7.86.